The molecule has 3 atom stereocenters. The predicted molar refractivity (Wildman–Crippen MR) is 61.1 cm³/mol. The fraction of sp³-hybridized carbons (Fsp3) is 0.769. The number of unbranched alkanes of at least 4 members (excludes halogenated alkanes) is 1. The van der Waals surface area contributed by atoms with Crippen molar-refractivity contribution in [2.24, 2.45) is 5.41 Å². The van der Waals surface area contributed by atoms with Crippen LogP contribution < -0.4 is 0 Å². The van der Waals surface area contributed by atoms with E-state index in [9.17, 15) is 4.79 Å². The normalized spacial score (nSPS) is 38.8. The van der Waals surface area contributed by atoms with E-state index in [0.717, 1.165) is 25.7 Å². The van der Waals surface area contributed by atoms with E-state index in [-0.39, 0.29) is 6.09 Å². The van der Waals surface area contributed by atoms with Crippen molar-refractivity contribution in [3.63, 3.8) is 0 Å². The van der Waals surface area contributed by atoms with E-state index in [4.69, 9.17) is 4.74 Å². The molecule has 88 valence electrons. The lowest BCUT2D eigenvalue weighted by Gasteiger charge is -2.76. The fourth-order valence-electron chi connectivity index (χ4n) is 3.60. The molecule has 3 rings (SSSR count). The molecule has 0 aromatic rings. The maximum absolute atomic E-state index is 11.9. The first-order chi connectivity index (χ1) is 7.71. The summed E-state index contributed by atoms with van der Waals surface area (Å²) >= 11 is 0. The van der Waals surface area contributed by atoms with E-state index in [1.807, 2.05) is 4.90 Å². The van der Waals surface area contributed by atoms with Gasteiger partial charge in [0.15, 0.2) is 0 Å². The first-order valence-electron chi connectivity index (χ1n) is 6.35. The summed E-state index contributed by atoms with van der Waals surface area (Å²) in [5.41, 5.74) is 1.70. The van der Waals surface area contributed by atoms with Crippen molar-refractivity contribution >= 4 is 6.09 Å². The van der Waals surface area contributed by atoms with Gasteiger partial charge >= 0.3 is 6.09 Å². The third-order valence-electron chi connectivity index (χ3n) is 4.72. The van der Waals surface area contributed by atoms with Crippen molar-refractivity contribution in [1.82, 2.24) is 4.90 Å². The zero-order chi connectivity index (χ0) is 11.3. The number of likely N-dealkylation sites (tertiary alicyclic amines) is 1. The molecule has 0 aromatic carbocycles. The number of carbonyl (C=O) groups excluding carboxylic acids is 1. The molecule has 2 aliphatic carbocycles. The van der Waals surface area contributed by atoms with Crippen LogP contribution in [-0.2, 0) is 4.74 Å². The molecule has 3 nitrogen and oxygen atoms in total. The summed E-state index contributed by atoms with van der Waals surface area (Å²) in [6.45, 7) is 6.78. The van der Waals surface area contributed by atoms with Crippen molar-refractivity contribution in [3.05, 3.63) is 12.2 Å². The van der Waals surface area contributed by atoms with Crippen LogP contribution in [0.25, 0.3) is 0 Å². The third kappa shape index (κ3) is 0.969. The van der Waals surface area contributed by atoms with Crippen LogP contribution in [0.15, 0.2) is 12.2 Å². The molecular weight excluding hydrogens is 202 g/mol. The largest absolute Gasteiger partial charge is 0.449 e. The number of ether oxygens (including phenoxy) is 1. The lowest BCUT2D eigenvalue weighted by molar-refractivity contribution is -0.202. The van der Waals surface area contributed by atoms with Crippen LogP contribution in [0.5, 0.6) is 0 Å². The average Bonchev–Trinajstić information content (AvgIpc) is 2.21. The minimum atomic E-state index is -0.0914. The van der Waals surface area contributed by atoms with Gasteiger partial charge < -0.3 is 9.64 Å². The fourth-order valence-corrected chi connectivity index (χ4v) is 3.60. The number of nitrogens with zero attached hydrogens (tertiary/aromatic N) is 1. The molecule has 1 amide bonds. The summed E-state index contributed by atoms with van der Waals surface area (Å²) in [7, 11) is 0. The van der Waals surface area contributed by atoms with Gasteiger partial charge in [0, 0.05) is 11.5 Å². The molecule has 1 heterocycles. The van der Waals surface area contributed by atoms with Crippen LogP contribution in [0.1, 0.15) is 39.0 Å². The molecule has 0 radical (unpaired) electrons. The van der Waals surface area contributed by atoms with Gasteiger partial charge in [0.05, 0.1) is 12.6 Å². The molecule has 1 spiro atoms. The molecule has 3 unspecified atom stereocenters. The van der Waals surface area contributed by atoms with E-state index >= 15 is 0 Å². The lowest BCUT2D eigenvalue weighted by atomic mass is 9.41. The van der Waals surface area contributed by atoms with Gasteiger partial charge in [-0.05, 0) is 25.7 Å². The molecule has 1 saturated heterocycles. The molecule has 16 heavy (non-hydrogen) atoms. The van der Waals surface area contributed by atoms with Crippen LogP contribution in [-0.4, -0.2) is 29.7 Å². The Balaban J connectivity index is 1.58. The van der Waals surface area contributed by atoms with Gasteiger partial charge in [0.2, 0.25) is 0 Å². The smallest absolute Gasteiger partial charge is 0.410 e. The first kappa shape index (κ1) is 10.2. The Morgan fingerprint density at radius 1 is 1.62 bits per heavy atom. The number of piperidine rings is 2. The highest BCUT2D eigenvalue weighted by Crippen LogP contribution is 2.70. The Bertz CT molecular complexity index is 344. The van der Waals surface area contributed by atoms with Crippen LogP contribution in [0.4, 0.5) is 4.79 Å². The zero-order valence-corrected chi connectivity index (χ0v) is 9.87. The van der Waals surface area contributed by atoms with Crippen molar-refractivity contribution in [3.8, 4) is 0 Å². The summed E-state index contributed by atoms with van der Waals surface area (Å²) in [5, 5.41) is 0. The van der Waals surface area contributed by atoms with E-state index < -0.39 is 0 Å². The zero-order valence-electron chi connectivity index (χ0n) is 9.87. The Hall–Kier alpha value is -0.990. The van der Waals surface area contributed by atoms with Crippen LogP contribution in [0.2, 0.25) is 0 Å². The highest BCUT2D eigenvalue weighted by Gasteiger charge is 2.74. The molecule has 3 fully saturated rings. The summed E-state index contributed by atoms with van der Waals surface area (Å²) in [4.78, 5) is 13.8. The van der Waals surface area contributed by atoms with Gasteiger partial charge in [-0.15, -0.1) is 0 Å². The third-order valence-corrected chi connectivity index (χ3v) is 4.72. The quantitative estimate of drug-likeness (QED) is 0.541. The molecule has 3 heteroatoms. The Kier molecular flexibility index (Phi) is 2.07. The van der Waals surface area contributed by atoms with Crippen LogP contribution in [0, 0.1) is 5.41 Å². The van der Waals surface area contributed by atoms with E-state index in [1.54, 1.807) is 0 Å². The van der Waals surface area contributed by atoms with Crippen LogP contribution >= 0.6 is 0 Å². The molecule has 0 aromatic heterocycles. The molecule has 0 bridgehead atoms. The Morgan fingerprint density at radius 2 is 2.44 bits per heavy atom. The first-order valence-corrected chi connectivity index (χ1v) is 6.35. The van der Waals surface area contributed by atoms with Gasteiger partial charge in [-0.3, -0.25) is 0 Å². The van der Waals surface area contributed by atoms with E-state index in [1.165, 1.54) is 12.0 Å². The second-order valence-electron chi connectivity index (χ2n) is 5.29. The molecule has 2 saturated carbocycles. The summed E-state index contributed by atoms with van der Waals surface area (Å²) in [5.74, 6) is 0. The SMILES string of the molecule is C=C1CC2N(C(=O)OCCCC)C3CCC132. The topological polar surface area (TPSA) is 29.5 Å². The standard InChI is InChI=1S/C13H19NO2/c1-3-4-7-16-12(15)14-10-5-6-13(10)9(2)8-11(13)14/h10-11H,2-8H2,1H3. The van der Waals surface area contributed by atoms with Gasteiger partial charge in [-0.2, -0.15) is 0 Å². The highest BCUT2D eigenvalue weighted by atomic mass is 16.6. The molecule has 0 N–H and O–H groups in total. The van der Waals surface area contributed by atoms with E-state index in [2.05, 4.69) is 13.5 Å². The minimum absolute atomic E-state index is 0.0914. The second-order valence-corrected chi connectivity index (χ2v) is 5.29. The van der Waals surface area contributed by atoms with Crippen molar-refractivity contribution in [1.29, 1.82) is 0 Å². The number of hydrogen-bond acceptors (Lipinski definition) is 2. The maximum atomic E-state index is 11.9. The predicted octanol–water partition coefficient (Wildman–Crippen LogP) is 2.72. The summed E-state index contributed by atoms with van der Waals surface area (Å²) in [6, 6.07) is 0.848. The van der Waals surface area contributed by atoms with Crippen molar-refractivity contribution in [2.75, 3.05) is 6.61 Å². The Labute approximate surface area is 96.4 Å². The average molecular weight is 221 g/mol. The van der Waals surface area contributed by atoms with Gasteiger partial charge in [-0.1, -0.05) is 25.5 Å². The second kappa shape index (κ2) is 3.25. The highest BCUT2D eigenvalue weighted by molar-refractivity contribution is 5.73. The van der Waals surface area contributed by atoms with E-state index in [0.29, 0.717) is 24.1 Å². The number of hydrogen-bond donors (Lipinski definition) is 0. The molecular formula is C13H19NO2. The number of amides is 1. The minimum Gasteiger partial charge on any atom is -0.449 e. The summed E-state index contributed by atoms with van der Waals surface area (Å²) < 4.78 is 5.28. The van der Waals surface area contributed by atoms with Gasteiger partial charge in [0.1, 0.15) is 0 Å². The Morgan fingerprint density at radius 3 is 2.94 bits per heavy atom. The van der Waals surface area contributed by atoms with Gasteiger partial charge in [-0.25, -0.2) is 4.79 Å². The van der Waals surface area contributed by atoms with Gasteiger partial charge in [0.25, 0.3) is 0 Å². The maximum Gasteiger partial charge on any atom is 0.410 e. The molecule has 1 aliphatic heterocycles. The van der Waals surface area contributed by atoms with Crippen molar-refractivity contribution < 1.29 is 9.53 Å². The summed E-state index contributed by atoms with van der Waals surface area (Å²) in [6.07, 6.45) is 5.32. The van der Waals surface area contributed by atoms with Crippen molar-refractivity contribution in [2.45, 2.75) is 51.1 Å². The molecule has 3 aliphatic rings. The van der Waals surface area contributed by atoms with Crippen LogP contribution in [0.3, 0.4) is 0 Å². The monoisotopic (exact) mass is 221 g/mol. The lowest BCUT2D eigenvalue weighted by Crippen LogP contribution is -2.83. The number of carbonyl (C=O) groups is 1. The number of rotatable bonds is 3.